The standard InChI is InChI=1S/C13H20F3N3O/c1-2-7-17-10-5-3-9(4-6-10)12-18-11(19-20-12)8-13(14,15)16/h9-10,17H,2-8H2,1H3. The highest BCUT2D eigenvalue weighted by Crippen LogP contribution is 2.32. The number of nitrogens with one attached hydrogen (secondary N) is 1. The molecule has 0 aromatic carbocycles. The average Bonchev–Trinajstić information content (AvgIpc) is 2.83. The average molecular weight is 291 g/mol. The van der Waals surface area contributed by atoms with Crippen LogP contribution in [0.25, 0.3) is 0 Å². The molecular weight excluding hydrogens is 271 g/mol. The first-order chi connectivity index (χ1) is 9.48. The fraction of sp³-hybridized carbons (Fsp3) is 0.846. The zero-order valence-electron chi connectivity index (χ0n) is 11.5. The minimum absolute atomic E-state index is 0.101. The maximum absolute atomic E-state index is 12.2. The molecule has 1 N–H and O–H groups in total. The van der Waals surface area contributed by atoms with Gasteiger partial charge in [0.2, 0.25) is 5.89 Å². The van der Waals surface area contributed by atoms with E-state index in [1.54, 1.807) is 0 Å². The molecule has 0 saturated heterocycles. The first kappa shape index (κ1) is 15.3. The number of alkyl halides is 3. The largest absolute Gasteiger partial charge is 0.396 e. The molecule has 1 aromatic rings. The Kier molecular flexibility index (Phi) is 5.01. The molecule has 1 aliphatic carbocycles. The summed E-state index contributed by atoms with van der Waals surface area (Å²) >= 11 is 0. The molecular formula is C13H20F3N3O. The van der Waals surface area contributed by atoms with Gasteiger partial charge >= 0.3 is 6.18 Å². The van der Waals surface area contributed by atoms with Gasteiger partial charge in [-0.3, -0.25) is 0 Å². The van der Waals surface area contributed by atoms with E-state index in [2.05, 4.69) is 22.4 Å². The molecule has 1 aromatic heterocycles. The third-order valence-corrected chi connectivity index (χ3v) is 3.60. The van der Waals surface area contributed by atoms with Crippen molar-refractivity contribution in [2.45, 2.75) is 63.6 Å². The van der Waals surface area contributed by atoms with Gasteiger partial charge < -0.3 is 9.84 Å². The van der Waals surface area contributed by atoms with Gasteiger partial charge in [-0.2, -0.15) is 18.2 Å². The number of aromatic nitrogens is 2. The van der Waals surface area contributed by atoms with E-state index in [9.17, 15) is 13.2 Å². The van der Waals surface area contributed by atoms with E-state index < -0.39 is 12.6 Å². The highest BCUT2D eigenvalue weighted by Gasteiger charge is 2.32. The summed E-state index contributed by atoms with van der Waals surface area (Å²) < 4.78 is 41.7. The minimum Gasteiger partial charge on any atom is -0.339 e. The van der Waals surface area contributed by atoms with E-state index >= 15 is 0 Å². The molecule has 7 heteroatoms. The Morgan fingerprint density at radius 1 is 1.25 bits per heavy atom. The summed E-state index contributed by atoms with van der Waals surface area (Å²) in [6.45, 7) is 3.13. The summed E-state index contributed by atoms with van der Waals surface area (Å²) in [7, 11) is 0. The predicted octanol–water partition coefficient (Wildman–Crippen LogP) is 3.20. The highest BCUT2D eigenvalue weighted by molar-refractivity contribution is 4.98. The molecule has 1 saturated carbocycles. The lowest BCUT2D eigenvalue weighted by molar-refractivity contribution is -0.128. The molecule has 4 nitrogen and oxygen atoms in total. The Labute approximate surface area is 116 Å². The van der Waals surface area contributed by atoms with Crippen LogP contribution >= 0.6 is 0 Å². The SMILES string of the molecule is CCCNC1CCC(c2nc(CC(F)(F)F)no2)CC1. The fourth-order valence-corrected chi connectivity index (χ4v) is 2.58. The maximum atomic E-state index is 12.2. The van der Waals surface area contributed by atoms with Crippen LogP contribution in [0.3, 0.4) is 0 Å². The van der Waals surface area contributed by atoms with Crippen LogP contribution < -0.4 is 5.32 Å². The van der Waals surface area contributed by atoms with Crippen molar-refractivity contribution >= 4 is 0 Å². The number of hydrogen-bond donors (Lipinski definition) is 1. The van der Waals surface area contributed by atoms with Crippen molar-refractivity contribution < 1.29 is 17.7 Å². The third kappa shape index (κ3) is 4.47. The van der Waals surface area contributed by atoms with E-state index in [1.165, 1.54) is 0 Å². The van der Waals surface area contributed by atoms with Crippen molar-refractivity contribution in [3.8, 4) is 0 Å². The molecule has 114 valence electrons. The molecule has 0 radical (unpaired) electrons. The van der Waals surface area contributed by atoms with Crippen molar-refractivity contribution in [1.82, 2.24) is 15.5 Å². The van der Waals surface area contributed by atoms with E-state index in [4.69, 9.17) is 4.52 Å². The van der Waals surface area contributed by atoms with Crippen LogP contribution in [0.4, 0.5) is 13.2 Å². The van der Waals surface area contributed by atoms with E-state index in [1.807, 2.05) is 0 Å². The minimum atomic E-state index is -4.29. The topological polar surface area (TPSA) is 51.0 Å². The van der Waals surface area contributed by atoms with Crippen LogP contribution in [-0.2, 0) is 6.42 Å². The number of halogens is 3. The Hall–Kier alpha value is -1.11. The van der Waals surface area contributed by atoms with E-state index in [0.29, 0.717) is 11.9 Å². The molecule has 0 spiro atoms. The Morgan fingerprint density at radius 3 is 2.55 bits per heavy atom. The number of nitrogens with zero attached hydrogens (tertiary/aromatic N) is 2. The molecule has 0 atom stereocenters. The summed E-state index contributed by atoms with van der Waals surface area (Å²) in [6, 6.07) is 0.503. The molecule has 1 aliphatic rings. The normalized spacial score (nSPS) is 24.0. The lowest BCUT2D eigenvalue weighted by Crippen LogP contribution is -2.33. The monoisotopic (exact) mass is 291 g/mol. The molecule has 0 amide bonds. The van der Waals surface area contributed by atoms with Crippen LogP contribution in [0, 0.1) is 0 Å². The maximum Gasteiger partial charge on any atom is 0.396 e. The summed E-state index contributed by atoms with van der Waals surface area (Å²) in [6.07, 6.45) is -0.537. The van der Waals surface area contributed by atoms with Crippen LogP contribution in [0.1, 0.15) is 56.7 Å². The molecule has 1 fully saturated rings. The van der Waals surface area contributed by atoms with Crippen molar-refractivity contribution in [2.75, 3.05) is 6.54 Å². The molecule has 20 heavy (non-hydrogen) atoms. The van der Waals surface area contributed by atoms with Crippen molar-refractivity contribution in [2.24, 2.45) is 0 Å². The highest BCUT2D eigenvalue weighted by atomic mass is 19.4. The smallest absolute Gasteiger partial charge is 0.339 e. The zero-order valence-corrected chi connectivity index (χ0v) is 11.5. The number of hydrogen-bond acceptors (Lipinski definition) is 4. The Morgan fingerprint density at radius 2 is 1.95 bits per heavy atom. The van der Waals surface area contributed by atoms with Gasteiger partial charge in [-0.15, -0.1) is 0 Å². The fourth-order valence-electron chi connectivity index (χ4n) is 2.58. The van der Waals surface area contributed by atoms with Crippen molar-refractivity contribution in [3.63, 3.8) is 0 Å². The Bertz CT molecular complexity index is 411. The lowest BCUT2D eigenvalue weighted by atomic mass is 9.86. The first-order valence-electron chi connectivity index (χ1n) is 7.10. The van der Waals surface area contributed by atoms with Crippen molar-refractivity contribution in [3.05, 3.63) is 11.7 Å². The zero-order chi connectivity index (χ0) is 14.6. The van der Waals surface area contributed by atoms with Gasteiger partial charge in [0.25, 0.3) is 0 Å². The van der Waals surface area contributed by atoms with Gasteiger partial charge in [-0.05, 0) is 38.6 Å². The second kappa shape index (κ2) is 6.56. The second-order valence-electron chi connectivity index (χ2n) is 5.34. The van der Waals surface area contributed by atoms with Gasteiger partial charge in [-0.1, -0.05) is 12.1 Å². The van der Waals surface area contributed by atoms with Gasteiger partial charge in [0.05, 0.1) is 0 Å². The predicted molar refractivity (Wildman–Crippen MR) is 67.3 cm³/mol. The van der Waals surface area contributed by atoms with Crippen molar-refractivity contribution in [1.29, 1.82) is 0 Å². The summed E-state index contributed by atoms with van der Waals surface area (Å²) in [4.78, 5) is 3.89. The lowest BCUT2D eigenvalue weighted by Gasteiger charge is -2.27. The quantitative estimate of drug-likeness (QED) is 0.905. The molecule has 0 aliphatic heterocycles. The summed E-state index contributed by atoms with van der Waals surface area (Å²) in [5.74, 6) is 0.195. The van der Waals surface area contributed by atoms with Gasteiger partial charge in [0.15, 0.2) is 5.82 Å². The van der Waals surface area contributed by atoms with Crippen LogP contribution in [0.5, 0.6) is 0 Å². The first-order valence-corrected chi connectivity index (χ1v) is 7.10. The number of rotatable bonds is 5. The summed E-state index contributed by atoms with van der Waals surface area (Å²) in [5, 5.41) is 6.89. The van der Waals surface area contributed by atoms with E-state index in [0.717, 1.165) is 38.6 Å². The van der Waals surface area contributed by atoms with Gasteiger partial charge in [0, 0.05) is 12.0 Å². The van der Waals surface area contributed by atoms with Crippen LogP contribution in [-0.4, -0.2) is 28.9 Å². The Balaban J connectivity index is 1.85. The molecule has 0 bridgehead atoms. The van der Waals surface area contributed by atoms with E-state index in [-0.39, 0.29) is 11.7 Å². The van der Waals surface area contributed by atoms with Gasteiger partial charge in [0.1, 0.15) is 6.42 Å². The summed E-state index contributed by atoms with van der Waals surface area (Å²) in [5.41, 5.74) is 0. The molecule has 1 heterocycles. The molecule has 2 rings (SSSR count). The van der Waals surface area contributed by atoms with Crippen LogP contribution in [0.2, 0.25) is 0 Å². The third-order valence-electron chi connectivity index (χ3n) is 3.60. The van der Waals surface area contributed by atoms with Gasteiger partial charge in [-0.25, -0.2) is 0 Å². The molecule has 0 unspecified atom stereocenters. The van der Waals surface area contributed by atoms with Crippen LogP contribution in [0.15, 0.2) is 4.52 Å². The second-order valence-corrected chi connectivity index (χ2v) is 5.34.